The first kappa shape index (κ1) is 12.4. The fraction of sp³-hybridized carbons (Fsp3) is 0.267. The van der Waals surface area contributed by atoms with Gasteiger partial charge in [-0.25, -0.2) is 0 Å². The molecule has 0 amide bonds. The summed E-state index contributed by atoms with van der Waals surface area (Å²) in [6, 6.07) is 11.3. The molecule has 1 aromatic carbocycles. The number of hydrogen-bond acceptors (Lipinski definition) is 3. The van der Waals surface area contributed by atoms with E-state index in [9.17, 15) is 5.11 Å². The third-order valence-corrected chi connectivity index (χ3v) is 2.50. The summed E-state index contributed by atoms with van der Waals surface area (Å²) < 4.78 is 5.55. The number of hydrogen-bond donors (Lipinski definition) is 1. The highest BCUT2D eigenvalue weighted by molar-refractivity contribution is 5.42. The second-order valence-electron chi connectivity index (χ2n) is 4.47. The lowest BCUT2D eigenvalue weighted by atomic mass is 10.1. The van der Waals surface area contributed by atoms with Crippen molar-refractivity contribution in [2.75, 3.05) is 0 Å². The Hall–Kier alpha value is -2.03. The molecular weight excluding hydrogens is 226 g/mol. The fourth-order valence-electron chi connectivity index (χ4n) is 1.73. The highest BCUT2D eigenvalue weighted by atomic mass is 16.5. The van der Waals surface area contributed by atoms with Crippen LogP contribution in [0.4, 0.5) is 0 Å². The van der Waals surface area contributed by atoms with Gasteiger partial charge in [-0.15, -0.1) is 0 Å². The van der Waals surface area contributed by atoms with Crippen LogP contribution in [0.3, 0.4) is 0 Å². The zero-order chi connectivity index (χ0) is 13.0. The molecule has 0 aliphatic heterocycles. The summed E-state index contributed by atoms with van der Waals surface area (Å²) in [5, 5.41) is 9.71. The quantitative estimate of drug-likeness (QED) is 0.896. The van der Waals surface area contributed by atoms with Crippen LogP contribution in [0, 0.1) is 0 Å². The molecule has 0 aliphatic rings. The average Bonchev–Trinajstić information content (AvgIpc) is 2.34. The maximum Gasteiger partial charge on any atom is 0.161 e. The number of ether oxygens (including phenoxy) is 1. The van der Waals surface area contributed by atoms with Crippen molar-refractivity contribution < 1.29 is 9.84 Å². The Morgan fingerprint density at radius 3 is 2.72 bits per heavy atom. The van der Waals surface area contributed by atoms with Gasteiger partial charge in [-0.2, -0.15) is 0 Å². The highest BCUT2D eigenvalue weighted by Crippen LogP contribution is 2.28. The van der Waals surface area contributed by atoms with Crippen LogP contribution in [0.5, 0.6) is 11.5 Å². The molecule has 1 aromatic heterocycles. The number of phenolic OH excluding ortho intramolecular Hbond substituents is 1. The Balaban J connectivity index is 2.19. The molecule has 1 heterocycles. The van der Waals surface area contributed by atoms with Gasteiger partial charge < -0.3 is 9.84 Å². The first-order valence-corrected chi connectivity index (χ1v) is 6.03. The summed E-state index contributed by atoms with van der Waals surface area (Å²) in [5.74, 6) is 0.701. The summed E-state index contributed by atoms with van der Waals surface area (Å²) in [6.07, 6.45) is 2.55. The predicted octanol–water partition coefficient (Wildman–Crippen LogP) is 3.17. The van der Waals surface area contributed by atoms with E-state index in [1.54, 1.807) is 12.3 Å². The third kappa shape index (κ3) is 3.23. The smallest absolute Gasteiger partial charge is 0.161 e. The lowest BCUT2D eigenvalue weighted by Crippen LogP contribution is -2.06. The van der Waals surface area contributed by atoms with Gasteiger partial charge in [0, 0.05) is 18.3 Å². The molecule has 0 bridgehead atoms. The SMILES string of the molecule is CC(C)Oc1cc(Cc2ccccn2)ccc1O. The van der Waals surface area contributed by atoms with Gasteiger partial charge in [-0.05, 0) is 43.7 Å². The van der Waals surface area contributed by atoms with E-state index in [1.807, 2.05) is 44.2 Å². The lowest BCUT2D eigenvalue weighted by Gasteiger charge is -2.12. The third-order valence-electron chi connectivity index (χ3n) is 2.50. The van der Waals surface area contributed by atoms with Gasteiger partial charge in [0.1, 0.15) is 0 Å². The number of nitrogens with zero attached hydrogens (tertiary/aromatic N) is 1. The number of phenols is 1. The van der Waals surface area contributed by atoms with Gasteiger partial charge in [-0.3, -0.25) is 4.98 Å². The van der Waals surface area contributed by atoms with Crippen LogP contribution in [-0.4, -0.2) is 16.2 Å². The van der Waals surface area contributed by atoms with E-state index in [0.29, 0.717) is 5.75 Å². The summed E-state index contributed by atoms with van der Waals surface area (Å²) in [6.45, 7) is 3.87. The van der Waals surface area contributed by atoms with Crippen LogP contribution >= 0.6 is 0 Å². The first-order chi connectivity index (χ1) is 8.65. The van der Waals surface area contributed by atoms with Gasteiger partial charge in [0.15, 0.2) is 11.5 Å². The molecule has 1 N–H and O–H groups in total. The van der Waals surface area contributed by atoms with Crippen LogP contribution in [-0.2, 0) is 6.42 Å². The number of pyridine rings is 1. The van der Waals surface area contributed by atoms with E-state index in [2.05, 4.69) is 4.98 Å². The minimum atomic E-state index is 0.0426. The van der Waals surface area contributed by atoms with E-state index >= 15 is 0 Å². The van der Waals surface area contributed by atoms with Crippen molar-refractivity contribution in [3.05, 3.63) is 53.9 Å². The van der Waals surface area contributed by atoms with E-state index in [0.717, 1.165) is 17.7 Å². The first-order valence-electron chi connectivity index (χ1n) is 6.03. The zero-order valence-corrected chi connectivity index (χ0v) is 10.6. The van der Waals surface area contributed by atoms with Crippen molar-refractivity contribution in [2.24, 2.45) is 0 Å². The van der Waals surface area contributed by atoms with Gasteiger partial charge in [0.25, 0.3) is 0 Å². The monoisotopic (exact) mass is 243 g/mol. The predicted molar refractivity (Wildman–Crippen MR) is 70.9 cm³/mol. The van der Waals surface area contributed by atoms with Crippen molar-refractivity contribution >= 4 is 0 Å². The van der Waals surface area contributed by atoms with E-state index in [-0.39, 0.29) is 11.9 Å². The van der Waals surface area contributed by atoms with Gasteiger partial charge in [0.05, 0.1) is 6.10 Å². The molecule has 2 aromatic rings. The average molecular weight is 243 g/mol. The molecule has 2 rings (SSSR count). The van der Waals surface area contributed by atoms with E-state index < -0.39 is 0 Å². The molecule has 0 atom stereocenters. The minimum Gasteiger partial charge on any atom is -0.504 e. The van der Waals surface area contributed by atoms with Crippen molar-refractivity contribution in [1.82, 2.24) is 4.98 Å². The molecule has 0 saturated heterocycles. The largest absolute Gasteiger partial charge is 0.504 e. The molecule has 0 saturated carbocycles. The Morgan fingerprint density at radius 1 is 1.22 bits per heavy atom. The normalized spacial score (nSPS) is 10.6. The summed E-state index contributed by atoms with van der Waals surface area (Å²) in [4.78, 5) is 4.28. The second kappa shape index (κ2) is 5.54. The molecular formula is C15H17NO2. The van der Waals surface area contributed by atoms with Gasteiger partial charge in [-0.1, -0.05) is 12.1 Å². The molecule has 0 aliphatic carbocycles. The molecule has 0 spiro atoms. The van der Waals surface area contributed by atoms with E-state index in [1.165, 1.54) is 0 Å². The molecule has 3 nitrogen and oxygen atoms in total. The summed E-state index contributed by atoms with van der Waals surface area (Å²) >= 11 is 0. The molecule has 94 valence electrons. The Labute approximate surface area is 107 Å². The van der Waals surface area contributed by atoms with Crippen molar-refractivity contribution in [2.45, 2.75) is 26.4 Å². The van der Waals surface area contributed by atoms with Gasteiger partial charge >= 0.3 is 0 Å². The van der Waals surface area contributed by atoms with Crippen LogP contribution in [0.1, 0.15) is 25.1 Å². The molecule has 0 radical (unpaired) electrons. The van der Waals surface area contributed by atoms with Gasteiger partial charge in [0.2, 0.25) is 0 Å². The minimum absolute atomic E-state index is 0.0426. The molecule has 0 unspecified atom stereocenters. The molecule has 18 heavy (non-hydrogen) atoms. The topological polar surface area (TPSA) is 42.4 Å². The van der Waals surface area contributed by atoms with Crippen molar-refractivity contribution in [3.8, 4) is 11.5 Å². The number of benzene rings is 1. The lowest BCUT2D eigenvalue weighted by molar-refractivity contribution is 0.231. The van der Waals surface area contributed by atoms with Crippen LogP contribution in [0.15, 0.2) is 42.6 Å². The van der Waals surface area contributed by atoms with Crippen LogP contribution < -0.4 is 4.74 Å². The maximum absolute atomic E-state index is 9.71. The standard InChI is InChI=1S/C15H17NO2/c1-11(2)18-15-10-12(6-7-14(15)17)9-13-5-3-4-8-16-13/h3-8,10-11,17H,9H2,1-2H3. The second-order valence-corrected chi connectivity index (χ2v) is 4.47. The molecule has 0 fully saturated rings. The highest BCUT2D eigenvalue weighted by Gasteiger charge is 2.06. The zero-order valence-electron chi connectivity index (χ0n) is 10.6. The summed E-state index contributed by atoms with van der Waals surface area (Å²) in [5.41, 5.74) is 2.07. The molecule has 3 heteroatoms. The Morgan fingerprint density at radius 2 is 2.06 bits per heavy atom. The van der Waals surface area contributed by atoms with Crippen molar-refractivity contribution in [3.63, 3.8) is 0 Å². The van der Waals surface area contributed by atoms with E-state index in [4.69, 9.17) is 4.74 Å². The number of aromatic hydroxyl groups is 1. The number of aromatic nitrogens is 1. The van der Waals surface area contributed by atoms with Crippen LogP contribution in [0.2, 0.25) is 0 Å². The number of rotatable bonds is 4. The Kier molecular flexibility index (Phi) is 3.82. The van der Waals surface area contributed by atoms with Crippen molar-refractivity contribution in [1.29, 1.82) is 0 Å². The maximum atomic E-state index is 9.71. The Bertz CT molecular complexity index is 509. The summed E-state index contributed by atoms with van der Waals surface area (Å²) in [7, 11) is 0. The fourth-order valence-corrected chi connectivity index (χ4v) is 1.73. The van der Waals surface area contributed by atoms with Crippen LogP contribution in [0.25, 0.3) is 0 Å².